The first-order valence-corrected chi connectivity index (χ1v) is 12.0. The minimum absolute atomic E-state index is 0.243. The molecule has 5 heteroatoms. The number of hydrogen-bond acceptors (Lipinski definition) is 4. The van der Waals surface area contributed by atoms with E-state index in [0.717, 1.165) is 31.2 Å². The molecule has 1 saturated carbocycles. The summed E-state index contributed by atoms with van der Waals surface area (Å²) in [5.74, 6) is -0.907. The lowest BCUT2D eigenvalue weighted by Crippen LogP contribution is -2.36. The molecule has 2 atom stereocenters. The molecular weight excluding hydrogens is 400 g/mol. The van der Waals surface area contributed by atoms with E-state index in [2.05, 4.69) is 6.92 Å². The molecule has 0 N–H and O–H groups in total. The third kappa shape index (κ3) is 8.29. The molecule has 0 heterocycles. The van der Waals surface area contributed by atoms with Gasteiger partial charge in [0.25, 0.3) is 0 Å². The maximum atomic E-state index is 12.8. The van der Waals surface area contributed by atoms with Crippen LogP contribution >= 0.6 is 11.6 Å². The quantitative estimate of drug-likeness (QED) is 0.200. The van der Waals surface area contributed by atoms with Crippen molar-refractivity contribution in [3.05, 3.63) is 28.8 Å². The Morgan fingerprint density at radius 2 is 1.53 bits per heavy atom. The van der Waals surface area contributed by atoms with Crippen LogP contribution in [0.5, 0.6) is 5.75 Å². The number of carbonyl (C=O) groups excluding carboxylic acids is 2. The summed E-state index contributed by atoms with van der Waals surface area (Å²) in [7, 11) is 0. The fourth-order valence-corrected chi connectivity index (χ4v) is 4.35. The highest BCUT2D eigenvalue weighted by molar-refractivity contribution is 6.30. The van der Waals surface area contributed by atoms with Crippen LogP contribution in [-0.4, -0.2) is 18.5 Å². The van der Waals surface area contributed by atoms with E-state index in [9.17, 15) is 9.59 Å². The topological polar surface area (TPSA) is 52.6 Å². The Balaban J connectivity index is 1.75. The van der Waals surface area contributed by atoms with Crippen molar-refractivity contribution in [2.75, 3.05) is 6.61 Å². The highest BCUT2D eigenvalue weighted by Crippen LogP contribution is 2.33. The van der Waals surface area contributed by atoms with Crippen LogP contribution in [-0.2, 0) is 14.3 Å². The van der Waals surface area contributed by atoms with Crippen molar-refractivity contribution >= 4 is 23.5 Å². The number of esters is 2. The number of halogens is 1. The van der Waals surface area contributed by atoms with Gasteiger partial charge in [0, 0.05) is 5.02 Å². The summed E-state index contributed by atoms with van der Waals surface area (Å²) in [5, 5.41) is 0.604. The molecule has 0 amide bonds. The average molecular weight is 437 g/mol. The van der Waals surface area contributed by atoms with Gasteiger partial charge in [0.2, 0.25) is 0 Å². The zero-order chi connectivity index (χ0) is 21.8. The van der Waals surface area contributed by atoms with E-state index in [1.807, 2.05) is 6.92 Å². The molecule has 0 bridgehead atoms. The van der Waals surface area contributed by atoms with E-state index >= 15 is 0 Å². The van der Waals surface area contributed by atoms with E-state index in [0.29, 0.717) is 30.2 Å². The number of rotatable bonds is 12. The van der Waals surface area contributed by atoms with Gasteiger partial charge in [-0.05, 0) is 49.9 Å². The maximum Gasteiger partial charge on any atom is 0.315 e. The Hall–Kier alpha value is -1.55. The van der Waals surface area contributed by atoms with Crippen molar-refractivity contribution < 1.29 is 19.1 Å². The SMILES string of the molecule is CCCCCCCCCCOC(=O)C1CCCCC1C(=O)Oc1ccc(Cl)cc1C. The summed E-state index contributed by atoms with van der Waals surface area (Å²) in [6.45, 7) is 4.52. The standard InChI is InChI=1S/C25H37ClO4/c1-3-4-5-6-7-8-9-12-17-29-24(27)21-13-10-11-14-22(21)25(28)30-23-16-15-20(26)18-19(23)2/h15-16,18,21-22H,3-14,17H2,1-2H3. The second-order valence-corrected chi connectivity index (χ2v) is 8.91. The van der Waals surface area contributed by atoms with Crippen LogP contribution in [0.4, 0.5) is 0 Å². The van der Waals surface area contributed by atoms with Crippen molar-refractivity contribution in [2.24, 2.45) is 11.8 Å². The Labute approximate surface area is 186 Å². The van der Waals surface area contributed by atoms with Gasteiger partial charge < -0.3 is 9.47 Å². The normalized spacial score (nSPS) is 18.8. The van der Waals surface area contributed by atoms with Crippen molar-refractivity contribution in [1.29, 1.82) is 0 Å². The molecule has 1 aromatic carbocycles. The van der Waals surface area contributed by atoms with Gasteiger partial charge in [-0.15, -0.1) is 0 Å². The largest absolute Gasteiger partial charge is 0.465 e. The number of unbranched alkanes of at least 4 members (excludes halogenated alkanes) is 7. The summed E-state index contributed by atoms with van der Waals surface area (Å²) in [6.07, 6.45) is 12.9. The van der Waals surface area contributed by atoms with Crippen molar-refractivity contribution in [2.45, 2.75) is 90.9 Å². The molecule has 2 rings (SSSR count). The third-order valence-corrected chi connectivity index (χ3v) is 6.20. The highest BCUT2D eigenvalue weighted by atomic mass is 35.5. The summed E-state index contributed by atoms with van der Waals surface area (Å²) in [6, 6.07) is 5.17. The second-order valence-electron chi connectivity index (χ2n) is 8.47. The summed E-state index contributed by atoms with van der Waals surface area (Å²) >= 11 is 5.97. The Kier molecular flexibility index (Phi) is 11.3. The summed E-state index contributed by atoms with van der Waals surface area (Å²) in [4.78, 5) is 25.4. The number of hydrogen-bond donors (Lipinski definition) is 0. The predicted molar refractivity (Wildman–Crippen MR) is 121 cm³/mol. The van der Waals surface area contributed by atoms with E-state index < -0.39 is 11.8 Å². The first kappa shape index (κ1) is 24.7. The lowest BCUT2D eigenvalue weighted by molar-refractivity contribution is -0.158. The van der Waals surface area contributed by atoms with E-state index in [-0.39, 0.29) is 11.9 Å². The fraction of sp³-hybridized carbons (Fsp3) is 0.680. The van der Waals surface area contributed by atoms with Crippen molar-refractivity contribution in [3.63, 3.8) is 0 Å². The lowest BCUT2D eigenvalue weighted by atomic mass is 9.79. The van der Waals surface area contributed by atoms with Gasteiger partial charge in [0.05, 0.1) is 18.4 Å². The minimum atomic E-state index is -0.431. The van der Waals surface area contributed by atoms with Gasteiger partial charge >= 0.3 is 11.9 Å². The summed E-state index contributed by atoms with van der Waals surface area (Å²) in [5.41, 5.74) is 0.806. The molecule has 1 aliphatic rings. The smallest absolute Gasteiger partial charge is 0.315 e. The minimum Gasteiger partial charge on any atom is -0.465 e. The van der Waals surface area contributed by atoms with Crippen LogP contribution in [0.3, 0.4) is 0 Å². The van der Waals surface area contributed by atoms with Crippen LogP contribution in [0, 0.1) is 18.8 Å². The number of benzene rings is 1. The number of carbonyl (C=O) groups is 2. The Morgan fingerprint density at radius 3 is 2.17 bits per heavy atom. The highest BCUT2D eigenvalue weighted by Gasteiger charge is 2.38. The molecule has 0 aliphatic heterocycles. The van der Waals surface area contributed by atoms with Crippen molar-refractivity contribution in [3.8, 4) is 5.75 Å². The Bertz CT molecular complexity index is 673. The van der Waals surface area contributed by atoms with Crippen LogP contribution in [0.15, 0.2) is 18.2 Å². The van der Waals surface area contributed by atoms with E-state index in [4.69, 9.17) is 21.1 Å². The predicted octanol–water partition coefficient (Wildman–Crippen LogP) is 7.04. The number of ether oxygens (including phenoxy) is 2. The van der Waals surface area contributed by atoms with Gasteiger partial charge in [-0.3, -0.25) is 9.59 Å². The molecule has 1 fully saturated rings. The maximum absolute atomic E-state index is 12.8. The van der Waals surface area contributed by atoms with Gasteiger partial charge in [-0.1, -0.05) is 76.3 Å². The molecular formula is C25H37ClO4. The third-order valence-electron chi connectivity index (χ3n) is 5.96. The molecule has 1 aliphatic carbocycles. The molecule has 30 heavy (non-hydrogen) atoms. The monoisotopic (exact) mass is 436 g/mol. The lowest BCUT2D eigenvalue weighted by Gasteiger charge is -2.28. The van der Waals surface area contributed by atoms with Gasteiger partial charge in [-0.2, -0.15) is 0 Å². The molecule has 2 unspecified atom stereocenters. The summed E-state index contributed by atoms with van der Waals surface area (Å²) < 4.78 is 11.1. The average Bonchev–Trinajstić information content (AvgIpc) is 2.74. The van der Waals surface area contributed by atoms with E-state index in [1.165, 1.54) is 38.5 Å². The van der Waals surface area contributed by atoms with Crippen LogP contribution < -0.4 is 4.74 Å². The molecule has 0 radical (unpaired) electrons. The molecule has 168 valence electrons. The first-order chi connectivity index (χ1) is 14.5. The molecule has 0 saturated heterocycles. The molecule has 0 aromatic heterocycles. The second kappa shape index (κ2) is 13.7. The fourth-order valence-electron chi connectivity index (χ4n) is 4.12. The van der Waals surface area contributed by atoms with Gasteiger partial charge in [-0.25, -0.2) is 0 Å². The molecule has 4 nitrogen and oxygen atoms in total. The van der Waals surface area contributed by atoms with Crippen LogP contribution in [0.2, 0.25) is 5.02 Å². The van der Waals surface area contributed by atoms with Crippen LogP contribution in [0.25, 0.3) is 0 Å². The van der Waals surface area contributed by atoms with E-state index in [1.54, 1.807) is 18.2 Å². The van der Waals surface area contributed by atoms with Gasteiger partial charge in [0.15, 0.2) is 0 Å². The zero-order valence-electron chi connectivity index (χ0n) is 18.6. The van der Waals surface area contributed by atoms with Crippen LogP contribution in [0.1, 0.15) is 89.5 Å². The van der Waals surface area contributed by atoms with Gasteiger partial charge in [0.1, 0.15) is 5.75 Å². The number of aryl methyl sites for hydroxylation is 1. The first-order valence-electron chi connectivity index (χ1n) is 11.7. The molecule has 1 aromatic rings. The zero-order valence-corrected chi connectivity index (χ0v) is 19.3. The molecule has 0 spiro atoms. The van der Waals surface area contributed by atoms with Crippen molar-refractivity contribution in [1.82, 2.24) is 0 Å². The Morgan fingerprint density at radius 1 is 0.933 bits per heavy atom.